The largest absolute Gasteiger partial charge is 0.453 e. The van der Waals surface area contributed by atoms with Crippen LogP contribution in [0.5, 0.6) is 0 Å². The SMILES string of the molecule is CC(O)(C(N)=O)C(=O)NCCC(F)(F)C(F)(F)F. The average molecular weight is 278 g/mol. The number of primary amides is 1. The van der Waals surface area contributed by atoms with Crippen molar-refractivity contribution in [3.63, 3.8) is 0 Å². The van der Waals surface area contributed by atoms with Gasteiger partial charge < -0.3 is 16.2 Å². The van der Waals surface area contributed by atoms with Crippen LogP contribution in [0.1, 0.15) is 13.3 Å². The summed E-state index contributed by atoms with van der Waals surface area (Å²) in [5.74, 6) is -7.88. The zero-order valence-corrected chi connectivity index (χ0v) is 9.15. The zero-order valence-electron chi connectivity index (χ0n) is 9.15. The second kappa shape index (κ2) is 5.04. The third-order valence-electron chi connectivity index (χ3n) is 2.06. The molecule has 1 unspecified atom stereocenters. The first-order chi connectivity index (χ1) is 7.82. The Labute approximate surface area is 98.1 Å². The van der Waals surface area contributed by atoms with Crippen molar-refractivity contribution in [2.45, 2.75) is 31.0 Å². The van der Waals surface area contributed by atoms with Gasteiger partial charge in [0.25, 0.3) is 11.8 Å². The lowest BCUT2D eigenvalue weighted by Crippen LogP contribution is -2.54. The van der Waals surface area contributed by atoms with Crippen molar-refractivity contribution in [2.24, 2.45) is 5.73 Å². The van der Waals surface area contributed by atoms with Gasteiger partial charge >= 0.3 is 12.1 Å². The Kier molecular flexibility index (Phi) is 4.64. The van der Waals surface area contributed by atoms with E-state index in [1.807, 2.05) is 0 Å². The molecule has 0 bridgehead atoms. The van der Waals surface area contributed by atoms with Crippen molar-refractivity contribution in [1.29, 1.82) is 0 Å². The summed E-state index contributed by atoms with van der Waals surface area (Å²) in [5.41, 5.74) is 1.95. The highest BCUT2D eigenvalue weighted by Crippen LogP contribution is 2.37. The molecule has 0 saturated carbocycles. The molecule has 0 aromatic heterocycles. The third kappa shape index (κ3) is 3.79. The summed E-state index contributed by atoms with van der Waals surface area (Å²) < 4.78 is 60.0. The highest BCUT2D eigenvalue weighted by atomic mass is 19.4. The van der Waals surface area contributed by atoms with E-state index in [1.54, 1.807) is 5.32 Å². The van der Waals surface area contributed by atoms with Gasteiger partial charge in [-0.15, -0.1) is 0 Å². The number of hydrogen-bond acceptors (Lipinski definition) is 3. The fraction of sp³-hybridized carbons (Fsp3) is 0.750. The molecular weight excluding hydrogens is 267 g/mol. The zero-order chi connectivity index (χ0) is 14.8. The van der Waals surface area contributed by atoms with Crippen LogP contribution in [0, 0.1) is 0 Å². The van der Waals surface area contributed by atoms with E-state index in [2.05, 4.69) is 5.73 Å². The smallest absolute Gasteiger partial charge is 0.372 e. The van der Waals surface area contributed by atoms with Crippen molar-refractivity contribution >= 4 is 11.8 Å². The quantitative estimate of drug-likeness (QED) is 0.485. The summed E-state index contributed by atoms with van der Waals surface area (Å²) in [5, 5.41) is 10.7. The number of hydrogen-bond donors (Lipinski definition) is 3. The number of nitrogens with one attached hydrogen (secondary N) is 1. The molecule has 0 aliphatic rings. The molecule has 5 nitrogen and oxygen atoms in total. The fourth-order valence-electron chi connectivity index (χ4n) is 0.759. The molecule has 0 aliphatic carbocycles. The van der Waals surface area contributed by atoms with Crippen LogP contribution in [0.3, 0.4) is 0 Å². The lowest BCUT2D eigenvalue weighted by molar-refractivity contribution is -0.283. The molecule has 1 atom stereocenters. The summed E-state index contributed by atoms with van der Waals surface area (Å²) in [4.78, 5) is 21.6. The Hall–Kier alpha value is -1.45. The minimum absolute atomic E-state index is 0.687. The summed E-state index contributed by atoms with van der Waals surface area (Å²) in [6, 6.07) is 0. The van der Waals surface area contributed by atoms with Gasteiger partial charge in [-0.2, -0.15) is 22.0 Å². The Morgan fingerprint density at radius 1 is 1.22 bits per heavy atom. The number of nitrogens with two attached hydrogens (primary N) is 1. The van der Waals surface area contributed by atoms with Crippen LogP contribution in [0.2, 0.25) is 0 Å². The monoisotopic (exact) mass is 278 g/mol. The summed E-state index contributed by atoms with van der Waals surface area (Å²) in [7, 11) is 0. The highest BCUT2D eigenvalue weighted by molar-refractivity contribution is 6.06. The van der Waals surface area contributed by atoms with Crippen LogP contribution in [0.25, 0.3) is 0 Å². The summed E-state index contributed by atoms with van der Waals surface area (Å²) in [6.45, 7) is -0.388. The molecule has 0 radical (unpaired) electrons. The van der Waals surface area contributed by atoms with Crippen LogP contribution < -0.4 is 11.1 Å². The van der Waals surface area contributed by atoms with Crippen molar-refractivity contribution in [3.8, 4) is 0 Å². The van der Waals surface area contributed by atoms with Gasteiger partial charge in [-0.05, 0) is 6.92 Å². The molecule has 0 aromatic carbocycles. The van der Waals surface area contributed by atoms with E-state index in [-0.39, 0.29) is 0 Å². The van der Waals surface area contributed by atoms with Gasteiger partial charge in [0, 0.05) is 13.0 Å². The number of aliphatic hydroxyl groups is 1. The fourth-order valence-corrected chi connectivity index (χ4v) is 0.759. The molecule has 0 spiro atoms. The topological polar surface area (TPSA) is 92.4 Å². The first-order valence-corrected chi connectivity index (χ1v) is 4.57. The van der Waals surface area contributed by atoms with Gasteiger partial charge in [-0.1, -0.05) is 0 Å². The van der Waals surface area contributed by atoms with Gasteiger partial charge in [0.1, 0.15) is 0 Å². The number of carbonyl (C=O) groups is 2. The van der Waals surface area contributed by atoms with Crippen LogP contribution in [-0.4, -0.2) is 41.2 Å². The molecular formula is C8H11F5N2O3. The van der Waals surface area contributed by atoms with E-state index in [1.165, 1.54) is 0 Å². The van der Waals surface area contributed by atoms with E-state index >= 15 is 0 Å². The van der Waals surface area contributed by atoms with E-state index in [0.717, 1.165) is 0 Å². The maximum absolute atomic E-state index is 12.4. The molecule has 4 N–H and O–H groups in total. The van der Waals surface area contributed by atoms with Crippen molar-refractivity contribution in [2.75, 3.05) is 6.54 Å². The molecule has 2 amide bonds. The van der Waals surface area contributed by atoms with E-state index < -0.39 is 42.5 Å². The standard InChI is InChI=1S/C8H11F5N2O3/c1-6(18,4(14)16)5(17)15-3-2-7(9,10)8(11,12)13/h18H,2-3H2,1H3,(H2,14,16)(H,15,17). The summed E-state index contributed by atoms with van der Waals surface area (Å²) in [6.07, 6.45) is -7.44. The van der Waals surface area contributed by atoms with Crippen molar-refractivity contribution < 1.29 is 36.6 Å². The Morgan fingerprint density at radius 3 is 2.00 bits per heavy atom. The molecule has 0 aromatic rings. The van der Waals surface area contributed by atoms with Gasteiger partial charge in [-0.3, -0.25) is 9.59 Å². The lowest BCUT2D eigenvalue weighted by Gasteiger charge is -2.21. The maximum atomic E-state index is 12.4. The number of halogens is 5. The number of alkyl halides is 5. The predicted molar refractivity (Wildman–Crippen MR) is 48.4 cm³/mol. The number of rotatable bonds is 5. The molecule has 0 rings (SSSR count). The van der Waals surface area contributed by atoms with Crippen LogP contribution in [0.4, 0.5) is 22.0 Å². The molecule has 10 heteroatoms. The Balaban J connectivity index is 4.39. The van der Waals surface area contributed by atoms with Gasteiger partial charge in [0.2, 0.25) is 5.60 Å². The van der Waals surface area contributed by atoms with E-state index in [9.17, 15) is 31.5 Å². The second-order valence-corrected chi connectivity index (χ2v) is 3.64. The van der Waals surface area contributed by atoms with Gasteiger partial charge in [0.15, 0.2) is 0 Å². The maximum Gasteiger partial charge on any atom is 0.453 e. The normalized spacial score (nSPS) is 15.9. The van der Waals surface area contributed by atoms with Crippen molar-refractivity contribution in [1.82, 2.24) is 5.32 Å². The molecule has 0 saturated heterocycles. The Bertz CT molecular complexity index is 340. The van der Waals surface area contributed by atoms with Crippen LogP contribution >= 0.6 is 0 Å². The first kappa shape index (κ1) is 16.6. The average Bonchev–Trinajstić information content (AvgIpc) is 2.14. The molecule has 106 valence electrons. The Morgan fingerprint density at radius 2 is 1.67 bits per heavy atom. The lowest BCUT2D eigenvalue weighted by atomic mass is 10.1. The molecule has 0 fully saturated rings. The first-order valence-electron chi connectivity index (χ1n) is 4.57. The van der Waals surface area contributed by atoms with Gasteiger partial charge in [0.05, 0.1) is 0 Å². The second-order valence-electron chi connectivity index (χ2n) is 3.64. The number of amides is 2. The summed E-state index contributed by atoms with van der Waals surface area (Å²) >= 11 is 0. The van der Waals surface area contributed by atoms with E-state index in [4.69, 9.17) is 5.11 Å². The third-order valence-corrected chi connectivity index (χ3v) is 2.06. The molecule has 0 heterocycles. The van der Waals surface area contributed by atoms with Crippen LogP contribution in [-0.2, 0) is 9.59 Å². The van der Waals surface area contributed by atoms with Crippen molar-refractivity contribution in [3.05, 3.63) is 0 Å². The molecule has 0 aliphatic heterocycles. The minimum atomic E-state index is -5.73. The van der Waals surface area contributed by atoms with E-state index in [0.29, 0.717) is 6.92 Å². The number of carbonyl (C=O) groups excluding carboxylic acids is 2. The van der Waals surface area contributed by atoms with Crippen LogP contribution in [0.15, 0.2) is 0 Å². The molecule has 18 heavy (non-hydrogen) atoms. The van der Waals surface area contributed by atoms with Gasteiger partial charge in [-0.25, -0.2) is 0 Å². The predicted octanol–water partition coefficient (Wildman–Crippen LogP) is -0.0734. The minimum Gasteiger partial charge on any atom is -0.372 e. The highest BCUT2D eigenvalue weighted by Gasteiger charge is 2.56.